The Kier molecular flexibility index (Phi) is 4.55. The van der Waals surface area contributed by atoms with Gasteiger partial charge < -0.3 is 11.1 Å². The van der Waals surface area contributed by atoms with E-state index in [1.807, 2.05) is 0 Å². The van der Waals surface area contributed by atoms with E-state index in [0.717, 1.165) is 38.3 Å². The molecule has 0 radical (unpaired) electrons. The molecule has 1 aliphatic carbocycles. The molecule has 0 unspecified atom stereocenters. The van der Waals surface area contributed by atoms with Crippen molar-refractivity contribution in [2.75, 3.05) is 31.5 Å². The standard InChI is InChI=1S/C17H24N4/c18-17(19-9-12-21-10-2-1-3-11-21)20-16-8-7-14-5-4-6-15(14)13-16/h1-2,7-8,13H,3-6,9-12H2,(H3,18,19,20). The summed E-state index contributed by atoms with van der Waals surface area (Å²) in [7, 11) is 0. The van der Waals surface area contributed by atoms with Crippen LogP contribution in [-0.4, -0.2) is 37.0 Å². The summed E-state index contributed by atoms with van der Waals surface area (Å²) in [5, 5.41) is 3.20. The van der Waals surface area contributed by atoms with Crippen molar-refractivity contribution < 1.29 is 0 Å². The topological polar surface area (TPSA) is 53.6 Å². The number of hydrogen-bond donors (Lipinski definition) is 2. The van der Waals surface area contributed by atoms with Gasteiger partial charge in [-0.3, -0.25) is 9.89 Å². The Morgan fingerprint density at radius 3 is 3.00 bits per heavy atom. The highest BCUT2D eigenvalue weighted by molar-refractivity contribution is 5.92. The Morgan fingerprint density at radius 2 is 2.14 bits per heavy atom. The van der Waals surface area contributed by atoms with E-state index < -0.39 is 0 Å². The molecule has 1 aromatic carbocycles. The van der Waals surface area contributed by atoms with Crippen LogP contribution in [0.1, 0.15) is 24.0 Å². The molecule has 0 bridgehead atoms. The fourth-order valence-electron chi connectivity index (χ4n) is 3.04. The number of aliphatic imine (C=N–C) groups is 1. The van der Waals surface area contributed by atoms with Crippen LogP contribution in [0.15, 0.2) is 35.3 Å². The van der Waals surface area contributed by atoms with Gasteiger partial charge in [-0.1, -0.05) is 18.2 Å². The third kappa shape index (κ3) is 3.85. The van der Waals surface area contributed by atoms with Gasteiger partial charge in [0.15, 0.2) is 5.96 Å². The predicted molar refractivity (Wildman–Crippen MR) is 88.8 cm³/mol. The van der Waals surface area contributed by atoms with Gasteiger partial charge in [0.1, 0.15) is 0 Å². The second-order valence-electron chi connectivity index (χ2n) is 5.79. The zero-order valence-electron chi connectivity index (χ0n) is 12.5. The highest BCUT2D eigenvalue weighted by Crippen LogP contribution is 2.24. The number of nitrogens with one attached hydrogen (secondary N) is 1. The van der Waals surface area contributed by atoms with Crippen molar-refractivity contribution >= 4 is 11.6 Å². The SMILES string of the molecule is NC(=NCCN1CC=CCC1)Nc1ccc2c(c1)CCC2. The van der Waals surface area contributed by atoms with E-state index in [2.05, 4.69) is 45.6 Å². The number of nitrogens with zero attached hydrogens (tertiary/aromatic N) is 2. The van der Waals surface area contributed by atoms with Crippen LogP contribution in [0.5, 0.6) is 0 Å². The molecule has 3 N–H and O–H groups in total. The van der Waals surface area contributed by atoms with Gasteiger partial charge in [0, 0.05) is 25.3 Å². The zero-order valence-corrected chi connectivity index (χ0v) is 12.5. The quantitative estimate of drug-likeness (QED) is 0.506. The van der Waals surface area contributed by atoms with Crippen LogP contribution in [0, 0.1) is 0 Å². The van der Waals surface area contributed by atoms with Crippen LogP contribution in [0.2, 0.25) is 0 Å². The molecule has 1 heterocycles. The first-order chi connectivity index (χ1) is 10.3. The van der Waals surface area contributed by atoms with Gasteiger partial charge in [0.05, 0.1) is 6.54 Å². The number of nitrogens with two attached hydrogens (primary N) is 1. The lowest BCUT2D eigenvalue weighted by Gasteiger charge is -2.21. The minimum atomic E-state index is 0.514. The summed E-state index contributed by atoms with van der Waals surface area (Å²) in [4.78, 5) is 6.82. The summed E-state index contributed by atoms with van der Waals surface area (Å²) < 4.78 is 0. The van der Waals surface area contributed by atoms with Crippen LogP contribution in [0.25, 0.3) is 0 Å². The minimum absolute atomic E-state index is 0.514. The maximum atomic E-state index is 5.97. The molecule has 0 spiro atoms. The van der Waals surface area contributed by atoms with Gasteiger partial charge in [-0.25, -0.2) is 0 Å². The highest BCUT2D eigenvalue weighted by Gasteiger charge is 2.11. The number of anilines is 1. The van der Waals surface area contributed by atoms with E-state index >= 15 is 0 Å². The Bertz CT molecular complexity index is 548. The molecule has 0 atom stereocenters. The van der Waals surface area contributed by atoms with Crippen LogP contribution in [-0.2, 0) is 12.8 Å². The maximum absolute atomic E-state index is 5.97. The maximum Gasteiger partial charge on any atom is 0.193 e. The third-order valence-corrected chi connectivity index (χ3v) is 4.21. The lowest BCUT2D eigenvalue weighted by Crippen LogP contribution is -2.31. The molecule has 4 heteroatoms. The van der Waals surface area contributed by atoms with E-state index in [0.29, 0.717) is 5.96 Å². The van der Waals surface area contributed by atoms with Crippen LogP contribution in [0.4, 0.5) is 5.69 Å². The molecule has 2 aliphatic rings. The van der Waals surface area contributed by atoms with Crippen LogP contribution < -0.4 is 11.1 Å². The average Bonchev–Trinajstić information content (AvgIpc) is 2.96. The molecular weight excluding hydrogens is 260 g/mol. The zero-order chi connectivity index (χ0) is 14.5. The molecule has 1 aromatic rings. The molecule has 21 heavy (non-hydrogen) atoms. The number of hydrogen-bond acceptors (Lipinski definition) is 2. The van der Waals surface area contributed by atoms with Gasteiger partial charge in [-0.2, -0.15) is 0 Å². The van der Waals surface area contributed by atoms with Gasteiger partial charge in [-0.05, 0) is 48.9 Å². The average molecular weight is 284 g/mol. The molecule has 0 aromatic heterocycles. The molecule has 1 aliphatic heterocycles. The summed E-state index contributed by atoms with van der Waals surface area (Å²) in [6.45, 7) is 3.88. The van der Waals surface area contributed by atoms with E-state index in [-0.39, 0.29) is 0 Å². The normalized spacial score (nSPS) is 18.8. The van der Waals surface area contributed by atoms with Crippen molar-refractivity contribution in [1.29, 1.82) is 0 Å². The van der Waals surface area contributed by atoms with Gasteiger partial charge in [0.25, 0.3) is 0 Å². The van der Waals surface area contributed by atoms with Crippen molar-refractivity contribution in [3.63, 3.8) is 0 Å². The Morgan fingerprint density at radius 1 is 1.24 bits per heavy atom. The number of fused-ring (bicyclic) bond motifs is 1. The van der Waals surface area contributed by atoms with Crippen molar-refractivity contribution in [2.45, 2.75) is 25.7 Å². The number of benzene rings is 1. The first-order valence-corrected chi connectivity index (χ1v) is 7.87. The number of guanidine groups is 1. The predicted octanol–water partition coefficient (Wildman–Crippen LogP) is 2.16. The second kappa shape index (κ2) is 6.76. The lowest BCUT2D eigenvalue weighted by molar-refractivity contribution is 0.307. The molecule has 0 saturated heterocycles. The van der Waals surface area contributed by atoms with Crippen molar-refractivity contribution in [3.05, 3.63) is 41.5 Å². The fourth-order valence-corrected chi connectivity index (χ4v) is 3.04. The molecular formula is C17H24N4. The van der Waals surface area contributed by atoms with Crippen LogP contribution >= 0.6 is 0 Å². The molecule has 4 nitrogen and oxygen atoms in total. The lowest BCUT2D eigenvalue weighted by atomic mass is 10.1. The van der Waals surface area contributed by atoms with Crippen molar-refractivity contribution in [2.24, 2.45) is 10.7 Å². The Hall–Kier alpha value is -1.81. The summed E-state index contributed by atoms with van der Waals surface area (Å²) in [5.41, 5.74) is 9.96. The van der Waals surface area contributed by atoms with Crippen molar-refractivity contribution in [3.8, 4) is 0 Å². The minimum Gasteiger partial charge on any atom is -0.370 e. The third-order valence-electron chi connectivity index (χ3n) is 4.21. The Labute approximate surface area is 126 Å². The molecule has 0 amide bonds. The van der Waals surface area contributed by atoms with Gasteiger partial charge in [0.2, 0.25) is 0 Å². The summed E-state index contributed by atoms with van der Waals surface area (Å²) in [6, 6.07) is 6.51. The van der Waals surface area contributed by atoms with E-state index in [1.54, 1.807) is 0 Å². The van der Waals surface area contributed by atoms with E-state index in [4.69, 9.17) is 5.73 Å². The first kappa shape index (κ1) is 14.1. The smallest absolute Gasteiger partial charge is 0.193 e. The molecule has 0 saturated carbocycles. The number of rotatable bonds is 4. The molecule has 3 rings (SSSR count). The fraction of sp³-hybridized carbons (Fsp3) is 0.471. The monoisotopic (exact) mass is 284 g/mol. The van der Waals surface area contributed by atoms with E-state index in [1.165, 1.54) is 30.4 Å². The highest BCUT2D eigenvalue weighted by atomic mass is 15.1. The first-order valence-electron chi connectivity index (χ1n) is 7.87. The van der Waals surface area contributed by atoms with Crippen molar-refractivity contribution in [1.82, 2.24) is 4.90 Å². The molecule has 0 fully saturated rings. The summed E-state index contributed by atoms with van der Waals surface area (Å²) >= 11 is 0. The molecule has 112 valence electrons. The Balaban J connectivity index is 1.49. The largest absolute Gasteiger partial charge is 0.370 e. The summed E-state index contributed by atoms with van der Waals surface area (Å²) in [5.74, 6) is 0.514. The van der Waals surface area contributed by atoms with E-state index in [9.17, 15) is 0 Å². The second-order valence-corrected chi connectivity index (χ2v) is 5.79. The van der Waals surface area contributed by atoms with Gasteiger partial charge in [-0.15, -0.1) is 0 Å². The van der Waals surface area contributed by atoms with Crippen LogP contribution in [0.3, 0.4) is 0 Å². The summed E-state index contributed by atoms with van der Waals surface area (Å²) in [6.07, 6.45) is 9.27. The van der Waals surface area contributed by atoms with Gasteiger partial charge >= 0.3 is 0 Å². The number of aryl methyl sites for hydroxylation is 2.